The van der Waals surface area contributed by atoms with E-state index in [4.69, 9.17) is 0 Å². The average molecular weight is 232 g/mol. The van der Waals surface area contributed by atoms with Crippen LogP contribution in [0.2, 0.25) is 0 Å². The summed E-state index contributed by atoms with van der Waals surface area (Å²) in [7, 11) is 4.24. The van der Waals surface area contributed by atoms with Crippen molar-refractivity contribution in [1.82, 2.24) is 4.90 Å². The molecule has 1 aliphatic carbocycles. The highest BCUT2D eigenvalue weighted by atomic mass is 15.1. The van der Waals surface area contributed by atoms with Crippen LogP contribution in [0.5, 0.6) is 0 Å². The molecular formula is C15H24N2. The van der Waals surface area contributed by atoms with E-state index in [2.05, 4.69) is 55.5 Å². The average Bonchev–Trinajstić information content (AvgIpc) is 2.67. The van der Waals surface area contributed by atoms with Crippen LogP contribution in [0.15, 0.2) is 24.3 Å². The van der Waals surface area contributed by atoms with Crippen molar-refractivity contribution in [1.29, 1.82) is 0 Å². The minimum Gasteiger partial charge on any atom is -0.382 e. The van der Waals surface area contributed by atoms with Gasteiger partial charge in [0.1, 0.15) is 0 Å². The molecule has 1 aliphatic rings. The zero-order valence-electron chi connectivity index (χ0n) is 11.2. The maximum Gasteiger partial charge on any atom is 0.0388 e. The van der Waals surface area contributed by atoms with E-state index < -0.39 is 0 Å². The molecule has 1 N–H and O–H groups in total. The van der Waals surface area contributed by atoms with Crippen molar-refractivity contribution in [2.45, 2.75) is 38.8 Å². The van der Waals surface area contributed by atoms with Crippen molar-refractivity contribution < 1.29 is 0 Å². The second kappa shape index (κ2) is 5.54. The quantitative estimate of drug-likeness (QED) is 0.856. The van der Waals surface area contributed by atoms with Gasteiger partial charge in [-0.05, 0) is 44.5 Å². The van der Waals surface area contributed by atoms with Gasteiger partial charge in [0.15, 0.2) is 0 Å². The number of hydrogen-bond acceptors (Lipinski definition) is 2. The van der Waals surface area contributed by atoms with Gasteiger partial charge in [0, 0.05) is 18.3 Å². The highest BCUT2D eigenvalue weighted by Crippen LogP contribution is 2.29. The summed E-state index contributed by atoms with van der Waals surface area (Å²) in [6.07, 6.45) is 4.06. The Hall–Kier alpha value is -1.02. The molecule has 0 radical (unpaired) electrons. The highest BCUT2D eigenvalue weighted by molar-refractivity contribution is 5.52. The van der Waals surface area contributed by atoms with Crippen molar-refractivity contribution in [3.8, 4) is 0 Å². The number of hydrogen-bond donors (Lipinski definition) is 1. The standard InChI is InChI=1S/C15H24N2/c1-12-7-6-10-14(12)16-15-9-5-4-8-13(15)11-17(2)3/h4-5,8-9,12,14,16H,6-7,10-11H2,1-3H3. The van der Waals surface area contributed by atoms with E-state index in [9.17, 15) is 0 Å². The molecule has 2 atom stereocenters. The predicted octanol–water partition coefficient (Wildman–Crippen LogP) is 3.35. The van der Waals surface area contributed by atoms with Crippen LogP contribution in [0, 0.1) is 5.92 Å². The maximum absolute atomic E-state index is 3.74. The first-order chi connectivity index (χ1) is 8.16. The van der Waals surface area contributed by atoms with Crippen LogP contribution in [0.25, 0.3) is 0 Å². The zero-order chi connectivity index (χ0) is 12.3. The van der Waals surface area contributed by atoms with Crippen LogP contribution >= 0.6 is 0 Å². The molecule has 2 heteroatoms. The SMILES string of the molecule is CC1CCCC1Nc1ccccc1CN(C)C. The highest BCUT2D eigenvalue weighted by Gasteiger charge is 2.23. The molecule has 0 amide bonds. The summed E-state index contributed by atoms with van der Waals surface area (Å²) in [4.78, 5) is 2.22. The van der Waals surface area contributed by atoms with E-state index in [1.807, 2.05) is 0 Å². The third kappa shape index (κ3) is 3.22. The van der Waals surface area contributed by atoms with E-state index in [1.165, 1.54) is 30.5 Å². The molecule has 2 rings (SSSR count). The smallest absolute Gasteiger partial charge is 0.0388 e. The fourth-order valence-electron chi connectivity index (χ4n) is 2.70. The number of anilines is 1. The molecule has 2 nitrogen and oxygen atoms in total. The summed E-state index contributed by atoms with van der Waals surface area (Å²) in [5.74, 6) is 0.808. The van der Waals surface area contributed by atoms with Gasteiger partial charge in [-0.15, -0.1) is 0 Å². The molecule has 0 spiro atoms. The second-order valence-corrected chi connectivity index (χ2v) is 5.55. The number of nitrogens with zero attached hydrogens (tertiary/aromatic N) is 1. The minimum atomic E-state index is 0.665. The number of para-hydroxylation sites is 1. The molecule has 2 unspecified atom stereocenters. The first kappa shape index (κ1) is 12.4. The van der Waals surface area contributed by atoms with E-state index in [1.54, 1.807) is 0 Å². The van der Waals surface area contributed by atoms with E-state index in [-0.39, 0.29) is 0 Å². The lowest BCUT2D eigenvalue weighted by Gasteiger charge is -2.22. The largest absolute Gasteiger partial charge is 0.382 e. The Morgan fingerprint density at radius 3 is 2.65 bits per heavy atom. The van der Waals surface area contributed by atoms with Gasteiger partial charge in [0.2, 0.25) is 0 Å². The van der Waals surface area contributed by atoms with Gasteiger partial charge in [0.25, 0.3) is 0 Å². The molecule has 1 fully saturated rings. The van der Waals surface area contributed by atoms with Crippen molar-refractivity contribution in [2.24, 2.45) is 5.92 Å². The summed E-state index contributed by atoms with van der Waals surface area (Å²) in [5.41, 5.74) is 2.72. The molecule has 94 valence electrons. The van der Waals surface area contributed by atoms with E-state index in [0.717, 1.165) is 12.5 Å². The topological polar surface area (TPSA) is 15.3 Å². The molecule has 0 aliphatic heterocycles. The van der Waals surface area contributed by atoms with Crippen molar-refractivity contribution in [2.75, 3.05) is 19.4 Å². The molecule has 1 aromatic rings. The lowest BCUT2D eigenvalue weighted by atomic mass is 10.0. The van der Waals surface area contributed by atoms with Crippen LogP contribution in [-0.2, 0) is 6.54 Å². The van der Waals surface area contributed by atoms with Crippen LogP contribution in [0.1, 0.15) is 31.7 Å². The molecule has 17 heavy (non-hydrogen) atoms. The fourth-order valence-corrected chi connectivity index (χ4v) is 2.70. The minimum absolute atomic E-state index is 0.665. The number of rotatable bonds is 4. The summed E-state index contributed by atoms with van der Waals surface area (Å²) < 4.78 is 0. The Labute approximate surface area is 105 Å². The van der Waals surface area contributed by atoms with Crippen LogP contribution in [-0.4, -0.2) is 25.0 Å². The first-order valence-electron chi connectivity index (χ1n) is 6.66. The zero-order valence-corrected chi connectivity index (χ0v) is 11.2. The van der Waals surface area contributed by atoms with Crippen molar-refractivity contribution in [3.63, 3.8) is 0 Å². The summed E-state index contributed by atoms with van der Waals surface area (Å²) in [5, 5.41) is 3.74. The molecular weight excluding hydrogens is 208 g/mol. The number of nitrogens with one attached hydrogen (secondary N) is 1. The van der Waals surface area contributed by atoms with Gasteiger partial charge in [0.05, 0.1) is 0 Å². The molecule has 0 bridgehead atoms. The summed E-state index contributed by atoms with van der Waals surface area (Å²) in [6, 6.07) is 9.35. The van der Waals surface area contributed by atoms with Gasteiger partial charge in [-0.1, -0.05) is 31.5 Å². The van der Waals surface area contributed by atoms with Crippen molar-refractivity contribution >= 4 is 5.69 Å². The van der Waals surface area contributed by atoms with Crippen LogP contribution < -0.4 is 5.32 Å². The fraction of sp³-hybridized carbons (Fsp3) is 0.600. The molecule has 1 aromatic carbocycles. The maximum atomic E-state index is 3.74. The van der Waals surface area contributed by atoms with E-state index in [0.29, 0.717) is 6.04 Å². The third-order valence-corrected chi connectivity index (χ3v) is 3.71. The summed E-state index contributed by atoms with van der Waals surface area (Å²) in [6.45, 7) is 3.36. The van der Waals surface area contributed by atoms with Gasteiger partial charge < -0.3 is 10.2 Å². The van der Waals surface area contributed by atoms with Gasteiger partial charge >= 0.3 is 0 Å². The Kier molecular flexibility index (Phi) is 4.06. The van der Waals surface area contributed by atoms with Gasteiger partial charge in [-0.2, -0.15) is 0 Å². The lowest BCUT2D eigenvalue weighted by molar-refractivity contribution is 0.402. The predicted molar refractivity (Wildman–Crippen MR) is 74.3 cm³/mol. The number of benzene rings is 1. The van der Waals surface area contributed by atoms with Crippen LogP contribution in [0.4, 0.5) is 5.69 Å². The Morgan fingerprint density at radius 2 is 2.00 bits per heavy atom. The van der Waals surface area contributed by atoms with Crippen LogP contribution in [0.3, 0.4) is 0 Å². The molecule has 1 saturated carbocycles. The van der Waals surface area contributed by atoms with E-state index >= 15 is 0 Å². The lowest BCUT2D eigenvalue weighted by Crippen LogP contribution is -2.23. The molecule has 0 saturated heterocycles. The Morgan fingerprint density at radius 1 is 1.24 bits per heavy atom. The molecule has 0 heterocycles. The molecule has 0 aromatic heterocycles. The normalized spacial score (nSPS) is 24.2. The second-order valence-electron chi connectivity index (χ2n) is 5.55. The monoisotopic (exact) mass is 232 g/mol. The van der Waals surface area contributed by atoms with Gasteiger partial charge in [-0.3, -0.25) is 0 Å². The van der Waals surface area contributed by atoms with Crippen molar-refractivity contribution in [3.05, 3.63) is 29.8 Å². The summed E-state index contributed by atoms with van der Waals surface area (Å²) >= 11 is 0. The third-order valence-electron chi connectivity index (χ3n) is 3.71. The first-order valence-corrected chi connectivity index (χ1v) is 6.66. The Bertz CT molecular complexity index is 360. The Balaban J connectivity index is 2.09. The van der Waals surface area contributed by atoms with Gasteiger partial charge in [-0.25, -0.2) is 0 Å².